The summed E-state index contributed by atoms with van der Waals surface area (Å²) in [6, 6.07) is 16.0. The summed E-state index contributed by atoms with van der Waals surface area (Å²) in [6.45, 7) is 11.0. The lowest BCUT2D eigenvalue weighted by atomic mass is 10.0. The Morgan fingerprint density at radius 2 is 1.07 bits per heavy atom. The van der Waals surface area contributed by atoms with Gasteiger partial charge in [-0.3, -0.25) is 14.8 Å². The van der Waals surface area contributed by atoms with Crippen molar-refractivity contribution in [3.63, 3.8) is 0 Å². The summed E-state index contributed by atoms with van der Waals surface area (Å²) in [5, 5.41) is 48.4. The molecule has 2 fully saturated rings. The van der Waals surface area contributed by atoms with Crippen LogP contribution in [0.5, 0.6) is 11.5 Å². The fraction of sp³-hybridized carbons (Fsp3) is 0.481. The highest BCUT2D eigenvalue weighted by Crippen LogP contribution is 2.38. The Kier molecular flexibility index (Phi) is 17.1. The summed E-state index contributed by atoms with van der Waals surface area (Å²) in [5.74, 6) is 3.86. The number of amides is 1. The van der Waals surface area contributed by atoms with Crippen molar-refractivity contribution in [3.05, 3.63) is 93.6 Å². The molecule has 0 bridgehead atoms. The maximum Gasteiger partial charge on any atom is 0.258 e. The average molecular weight is 932 g/mol. The molecule has 6 aromatic rings. The first-order valence-corrected chi connectivity index (χ1v) is 23.9. The Morgan fingerprint density at radius 3 is 1.49 bits per heavy atom. The van der Waals surface area contributed by atoms with Gasteiger partial charge in [-0.1, -0.05) is 49.8 Å². The Morgan fingerprint density at radius 1 is 0.632 bits per heavy atom. The lowest BCUT2D eigenvalue weighted by molar-refractivity contribution is -0.124. The van der Waals surface area contributed by atoms with Gasteiger partial charge in [-0.25, -0.2) is 0 Å². The standard InChI is InChI=1S/C27H34N4O5.C25H31N3O4/c1-4-18-11-20(9-16(2)25(18)35-15-22(33)13-28-24(34)14-32)26-30-27(36-31-26)21-10-17(3)29-23(12-21)19-7-5-6-8-19;1-4-17-11-19(9-15(2)23(17)31-14-21(30)13-29)24-27-25(32-28-24)20-10-16(3)26-22(12-20)18-7-5-6-8-18/h9-12,19,22,32-33H,4-8,13-15H2,1-3H3,(H,28,34);9-12,18,21,29-30H,4-8,13-14H2,1-3H3/t22-;21-/m00/s1. The fourth-order valence-electron chi connectivity index (χ4n) is 9.06. The van der Waals surface area contributed by atoms with Gasteiger partial charge in [-0.2, -0.15) is 9.97 Å². The smallest absolute Gasteiger partial charge is 0.258 e. The highest BCUT2D eigenvalue weighted by Gasteiger charge is 2.24. The molecule has 0 radical (unpaired) electrons. The van der Waals surface area contributed by atoms with Gasteiger partial charge in [0.2, 0.25) is 17.6 Å². The molecular weight excluding hydrogens is 867 g/mol. The van der Waals surface area contributed by atoms with E-state index in [-0.39, 0.29) is 26.4 Å². The Balaban J connectivity index is 0.000000203. The predicted molar refractivity (Wildman–Crippen MR) is 256 cm³/mol. The SMILES string of the molecule is CCc1cc(-c2noc(-c3cc(C)nc(C4CCCC4)c3)n2)cc(C)c1OC[C@@H](O)CNC(=O)CO.CCc1cc(-c2noc(-c3cc(C)nc(C4CCCC4)c3)n2)cc(C)c1OC[C@@H](O)CO. The summed E-state index contributed by atoms with van der Waals surface area (Å²) < 4.78 is 22.9. The second-order valence-corrected chi connectivity index (χ2v) is 18.0. The number of nitrogens with zero attached hydrogens (tertiary/aromatic N) is 6. The minimum absolute atomic E-state index is 0.000556. The van der Waals surface area contributed by atoms with Gasteiger partial charge in [-0.05, 0) is 137 Å². The predicted octanol–water partition coefficient (Wildman–Crippen LogP) is 7.85. The first-order chi connectivity index (χ1) is 32.8. The van der Waals surface area contributed by atoms with Crippen LogP contribution in [0.25, 0.3) is 45.7 Å². The van der Waals surface area contributed by atoms with Crippen LogP contribution in [0.4, 0.5) is 0 Å². The topological polar surface area (TPSA) is 232 Å². The molecule has 2 aliphatic carbocycles. The lowest BCUT2D eigenvalue weighted by Crippen LogP contribution is -2.36. The third-order valence-electron chi connectivity index (χ3n) is 12.5. The molecule has 5 N–H and O–H groups in total. The molecule has 8 rings (SSSR count). The van der Waals surface area contributed by atoms with E-state index >= 15 is 0 Å². The third kappa shape index (κ3) is 12.5. The third-order valence-corrected chi connectivity index (χ3v) is 12.5. The number of rotatable bonds is 18. The van der Waals surface area contributed by atoms with Crippen molar-refractivity contribution >= 4 is 5.91 Å². The van der Waals surface area contributed by atoms with Crippen LogP contribution in [-0.2, 0) is 17.6 Å². The molecule has 16 heteroatoms. The minimum atomic E-state index is -0.906. The van der Waals surface area contributed by atoms with E-state index in [1.807, 2.05) is 77.9 Å². The number of carbonyl (C=O) groups is 1. The molecule has 4 aromatic heterocycles. The zero-order valence-corrected chi connectivity index (χ0v) is 40.0. The molecule has 362 valence electrons. The molecule has 0 spiro atoms. The summed E-state index contributed by atoms with van der Waals surface area (Å²) in [4.78, 5) is 30.0. The van der Waals surface area contributed by atoms with E-state index in [0.29, 0.717) is 47.4 Å². The molecule has 1 amide bonds. The second kappa shape index (κ2) is 23.3. The van der Waals surface area contributed by atoms with Crippen molar-refractivity contribution in [2.75, 3.05) is 33.0 Å². The van der Waals surface area contributed by atoms with Crippen molar-refractivity contribution in [2.45, 2.75) is 130 Å². The van der Waals surface area contributed by atoms with Gasteiger partial charge < -0.3 is 44.3 Å². The lowest BCUT2D eigenvalue weighted by Gasteiger charge is -2.17. The molecule has 2 saturated carbocycles. The number of hydrogen-bond donors (Lipinski definition) is 5. The van der Waals surface area contributed by atoms with Crippen molar-refractivity contribution in [1.29, 1.82) is 0 Å². The van der Waals surface area contributed by atoms with Crippen molar-refractivity contribution < 1.29 is 43.7 Å². The van der Waals surface area contributed by atoms with E-state index < -0.39 is 24.7 Å². The molecular formula is C52H65N7O9. The first kappa shape index (κ1) is 49.8. The van der Waals surface area contributed by atoms with Gasteiger partial charge in [-0.15, -0.1) is 0 Å². The zero-order chi connectivity index (χ0) is 48.3. The molecule has 2 aromatic carbocycles. The van der Waals surface area contributed by atoms with Crippen LogP contribution in [0.3, 0.4) is 0 Å². The van der Waals surface area contributed by atoms with Crippen molar-refractivity contribution in [2.24, 2.45) is 0 Å². The normalized spacial score (nSPS) is 15.0. The summed E-state index contributed by atoms with van der Waals surface area (Å²) in [7, 11) is 0. The van der Waals surface area contributed by atoms with E-state index in [1.165, 1.54) is 51.4 Å². The van der Waals surface area contributed by atoms with E-state index in [9.17, 15) is 15.0 Å². The number of aliphatic hydroxyl groups is 4. The van der Waals surface area contributed by atoms with Gasteiger partial charge in [0.15, 0.2) is 0 Å². The van der Waals surface area contributed by atoms with Crippen LogP contribution in [0.15, 0.2) is 57.6 Å². The summed E-state index contributed by atoms with van der Waals surface area (Å²) >= 11 is 0. The van der Waals surface area contributed by atoms with Crippen LogP contribution in [0.2, 0.25) is 0 Å². The van der Waals surface area contributed by atoms with Crippen molar-refractivity contribution in [3.8, 4) is 57.2 Å². The minimum Gasteiger partial charge on any atom is -0.490 e. The monoisotopic (exact) mass is 931 g/mol. The van der Waals surface area contributed by atoms with E-state index in [1.54, 1.807) is 0 Å². The number of carbonyl (C=O) groups excluding carboxylic acids is 1. The number of aliphatic hydroxyl groups excluding tert-OH is 4. The van der Waals surface area contributed by atoms with Gasteiger partial charge in [0.25, 0.3) is 11.8 Å². The van der Waals surface area contributed by atoms with Crippen molar-refractivity contribution in [1.82, 2.24) is 35.6 Å². The number of hydrogen-bond acceptors (Lipinski definition) is 15. The Hall–Kier alpha value is -6.07. The van der Waals surface area contributed by atoms with Gasteiger partial charge in [0.05, 0.1) is 6.61 Å². The van der Waals surface area contributed by atoms with Gasteiger partial charge in [0, 0.05) is 63.4 Å². The van der Waals surface area contributed by atoms with Crippen LogP contribution >= 0.6 is 0 Å². The number of ether oxygens (including phenoxy) is 2. The molecule has 0 aliphatic heterocycles. The van der Waals surface area contributed by atoms with E-state index in [0.717, 1.165) is 79.5 Å². The number of aryl methyl sites for hydroxylation is 6. The second-order valence-electron chi connectivity index (χ2n) is 18.0. The largest absolute Gasteiger partial charge is 0.490 e. The summed E-state index contributed by atoms with van der Waals surface area (Å²) in [5.41, 5.74) is 11.3. The van der Waals surface area contributed by atoms with Crippen LogP contribution in [0.1, 0.15) is 122 Å². The van der Waals surface area contributed by atoms with E-state index in [4.69, 9.17) is 38.7 Å². The van der Waals surface area contributed by atoms with E-state index in [2.05, 4.69) is 37.7 Å². The molecule has 2 atom stereocenters. The maximum atomic E-state index is 11.2. The molecule has 68 heavy (non-hydrogen) atoms. The van der Waals surface area contributed by atoms with Crippen LogP contribution in [0, 0.1) is 27.7 Å². The van der Waals surface area contributed by atoms with Crippen LogP contribution in [-0.4, -0.2) is 102 Å². The molecule has 0 unspecified atom stereocenters. The first-order valence-electron chi connectivity index (χ1n) is 23.9. The average Bonchev–Trinajstić information content (AvgIpc) is 4.20. The number of benzene rings is 2. The molecule has 16 nitrogen and oxygen atoms in total. The quantitative estimate of drug-likeness (QED) is 0.0552. The van der Waals surface area contributed by atoms with Gasteiger partial charge >= 0.3 is 0 Å². The number of aromatic nitrogens is 6. The number of nitrogens with one attached hydrogen (secondary N) is 1. The molecule has 2 aliphatic rings. The molecule has 4 heterocycles. The number of pyridine rings is 2. The van der Waals surface area contributed by atoms with Gasteiger partial charge in [0.1, 0.15) is 43.5 Å². The summed E-state index contributed by atoms with van der Waals surface area (Å²) in [6.07, 6.45) is 9.39. The zero-order valence-electron chi connectivity index (χ0n) is 40.0. The Labute approximate surface area is 397 Å². The maximum absolute atomic E-state index is 11.2. The Bertz CT molecular complexity index is 2630. The molecule has 0 saturated heterocycles. The highest BCUT2D eigenvalue weighted by atomic mass is 16.5. The van der Waals surface area contributed by atoms with Crippen LogP contribution < -0.4 is 14.8 Å². The fourth-order valence-corrected chi connectivity index (χ4v) is 9.06. The highest BCUT2D eigenvalue weighted by molar-refractivity contribution is 5.76.